The Morgan fingerprint density at radius 2 is 2.09 bits per heavy atom. The average molecular weight is 449 g/mol. The number of ether oxygens (including phenoxy) is 2. The van der Waals surface area contributed by atoms with Crippen LogP contribution in [0.1, 0.15) is 34.8 Å². The molecule has 10 heteroatoms. The minimum atomic E-state index is -0.362. The van der Waals surface area contributed by atoms with Crippen molar-refractivity contribution in [1.82, 2.24) is 19.5 Å². The molecule has 1 aromatic carbocycles. The first kappa shape index (κ1) is 22.2. The molecular weight excluding hydrogens is 426 g/mol. The molecule has 0 fully saturated rings. The van der Waals surface area contributed by atoms with E-state index in [4.69, 9.17) is 14.0 Å². The van der Waals surface area contributed by atoms with Crippen LogP contribution in [0.5, 0.6) is 0 Å². The highest BCUT2D eigenvalue weighted by Crippen LogP contribution is 2.24. The maximum absolute atomic E-state index is 12.9. The number of amides is 1. The van der Waals surface area contributed by atoms with Gasteiger partial charge in [-0.3, -0.25) is 14.0 Å². The zero-order chi connectivity index (χ0) is 23.2. The Labute approximate surface area is 189 Å². The topological polar surface area (TPSA) is 121 Å². The Morgan fingerprint density at radius 3 is 2.94 bits per heavy atom. The van der Waals surface area contributed by atoms with Gasteiger partial charge >= 0.3 is 5.97 Å². The van der Waals surface area contributed by atoms with E-state index in [9.17, 15) is 9.59 Å². The molecule has 10 nitrogen and oxygen atoms in total. The van der Waals surface area contributed by atoms with E-state index < -0.39 is 0 Å². The van der Waals surface area contributed by atoms with Gasteiger partial charge in [0.05, 0.1) is 6.20 Å². The molecule has 1 amide bonds. The lowest BCUT2D eigenvalue weighted by Crippen LogP contribution is -2.15. The molecule has 4 rings (SSSR count). The maximum Gasteiger partial charge on any atom is 0.306 e. The van der Waals surface area contributed by atoms with Crippen molar-refractivity contribution < 1.29 is 23.6 Å². The highest BCUT2D eigenvalue weighted by atomic mass is 16.6. The number of hydrogen-bond donors (Lipinski definition) is 1. The highest BCUT2D eigenvalue weighted by molar-refractivity contribution is 6.04. The van der Waals surface area contributed by atoms with Crippen molar-refractivity contribution in [2.45, 2.75) is 26.4 Å². The molecule has 0 unspecified atom stereocenters. The minimum Gasteiger partial charge on any atom is -0.456 e. The quantitative estimate of drug-likeness (QED) is 0.305. The predicted molar refractivity (Wildman–Crippen MR) is 119 cm³/mol. The number of nitrogens with one attached hydrogen (secondary N) is 1. The number of nitrogens with zero attached hydrogens (tertiary/aromatic N) is 4. The number of methoxy groups -OCH3 is 1. The Hall–Kier alpha value is -4.05. The first-order valence-electron chi connectivity index (χ1n) is 10.4. The summed E-state index contributed by atoms with van der Waals surface area (Å²) >= 11 is 0. The lowest BCUT2D eigenvalue weighted by molar-refractivity contribution is -0.146. The fraction of sp³-hybridized carbons (Fsp3) is 0.261. The van der Waals surface area contributed by atoms with Crippen molar-refractivity contribution in [3.63, 3.8) is 0 Å². The van der Waals surface area contributed by atoms with Gasteiger partial charge < -0.3 is 19.3 Å². The van der Waals surface area contributed by atoms with E-state index in [1.165, 1.54) is 6.20 Å². The number of benzene rings is 1. The first-order valence-corrected chi connectivity index (χ1v) is 10.4. The highest BCUT2D eigenvalue weighted by Gasteiger charge is 2.16. The normalized spacial score (nSPS) is 11.0. The summed E-state index contributed by atoms with van der Waals surface area (Å²) in [6, 6.07) is 11.0. The van der Waals surface area contributed by atoms with E-state index >= 15 is 0 Å². The molecule has 33 heavy (non-hydrogen) atoms. The molecule has 4 aromatic rings. The summed E-state index contributed by atoms with van der Waals surface area (Å²) in [6.07, 6.45) is 4.15. The minimum absolute atomic E-state index is 0.109. The second-order valence-electron chi connectivity index (χ2n) is 7.32. The second-order valence-corrected chi connectivity index (χ2v) is 7.32. The second kappa shape index (κ2) is 10.0. The van der Waals surface area contributed by atoms with E-state index in [2.05, 4.69) is 20.4 Å². The van der Waals surface area contributed by atoms with Crippen LogP contribution < -0.4 is 5.32 Å². The van der Waals surface area contributed by atoms with Gasteiger partial charge in [0.15, 0.2) is 6.61 Å². The molecule has 3 heterocycles. The zero-order valence-corrected chi connectivity index (χ0v) is 18.3. The molecular formula is C23H23N5O5. The molecule has 0 aliphatic heterocycles. The van der Waals surface area contributed by atoms with Crippen molar-refractivity contribution in [1.29, 1.82) is 0 Å². The smallest absolute Gasteiger partial charge is 0.306 e. The van der Waals surface area contributed by atoms with Crippen LogP contribution in [0.3, 0.4) is 0 Å². The molecule has 0 aliphatic carbocycles. The Kier molecular flexibility index (Phi) is 6.75. The number of imidazole rings is 1. The van der Waals surface area contributed by atoms with Gasteiger partial charge in [-0.25, -0.2) is 4.98 Å². The Balaban J connectivity index is 1.44. The summed E-state index contributed by atoms with van der Waals surface area (Å²) in [4.78, 5) is 33.1. The number of carbonyl (C=O) groups is 2. The van der Waals surface area contributed by atoms with Crippen LogP contribution >= 0.6 is 0 Å². The molecule has 0 saturated heterocycles. The maximum atomic E-state index is 12.9. The molecule has 0 saturated carbocycles. The Bertz CT molecular complexity index is 1280. The van der Waals surface area contributed by atoms with Crippen LogP contribution in [-0.4, -0.2) is 45.1 Å². The monoisotopic (exact) mass is 449 g/mol. The molecule has 3 aromatic heterocycles. The van der Waals surface area contributed by atoms with E-state index in [1.54, 1.807) is 23.8 Å². The van der Waals surface area contributed by atoms with Gasteiger partial charge in [0.25, 0.3) is 11.8 Å². The van der Waals surface area contributed by atoms with Crippen molar-refractivity contribution in [3.8, 4) is 11.4 Å². The number of pyridine rings is 1. The summed E-state index contributed by atoms with van der Waals surface area (Å²) in [5.74, 6) is -0.143. The van der Waals surface area contributed by atoms with Gasteiger partial charge in [0, 0.05) is 37.6 Å². The van der Waals surface area contributed by atoms with Crippen LogP contribution in [0.2, 0.25) is 0 Å². The van der Waals surface area contributed by atoms with Gasteiger partial charge in [0.1, 0.15) is 11.3 Å². The number of carbonyl (C=O) groups excluding carboxylic acids is 2. The van der Waals surface area contributed by atoms with E-state index in [0.717, 1.165) is 5.56 Å². The largest absolute Gasteiger partial charge is 0.456 e. The molecule has 0 spiro atoms. The zero-order valence-electron chi connectivity index (χ0n) is 18.3. The van der Waals surface area contributed by atoms with Gasteiger partial charge in [0.2, 0.25) is 5.82 Å². The average Bonchev–Trinajstić information content (AvgIpc) is 3.47. The van der Waals surface area contributed by atoms with E-state index in [1.807, 2.05) is 37.3 Å². The summed E-state index contributed by atoms with van der Waals surface area (Å²) in [7, 11) is 1.58. The lowest BCUT2D eigenvalue weighted by atomic mass is 10.1. The molecule has 0 aliphatic rings. The SMILES string of the molecule is COCCCC(=O)OCc1nc(-c2ccc(C)c(NC(=O)c3cnc4ccccn34)c2)no1. The van der Waals surface area contributed by atoms with E-state index in [0.29, 0.717) is 41.4 Å². The lowest BCUT2D eigenvalue weighted by Gasteiger charge is -2.09. The fourth-order valence-electron chi connectivity index (χ4n) is 3.19. The Morgan fingerprint density at radius 1 is 1.21 bits per heavy atom. The predicted octanol–water partition coefficient (Wildman–Crippen LogP) is 3.41. The number of aromatic nitrogens is 4. The number of hydrogen-bond acceptors (Lipinski definition) is 8. The van der Waals surface area contributed by atoms with Gasteiger partial charge in [-0.15, -0.1) is 0 Å². The standard InChI is InChI=1S/C23H23N5O5/c1-15-8-9-16(22-26-20(33-27-22)14-32-21(29)7-5-11-31-2)12-17(15)25-23(30)18-13-24-19-6-3-4-10-28(18)19/h3-4,6,8-10,12-13H,5,7,11,14H2,1-2H3,(H,25,30). The number of esters is 1. The molecule has 0 atom stereocenters. The van der Waals surface area contributed by atoms with Gasteiger partial charge in [-0.2, -0.15) is 4.98 Å². The number of aryl methyl sites for hydroxylation is 1. The van der Waals surface area contributed by atoms with Crippen molar-refractivity contribution in [2.75, 3.05) is 19.0 Å². The van der Waals surface area contributed by atoms with Crippen LogP contribution in [-0.2, 0) is 20.9 Å². The molecule has 0 radical (unpaired) electrons. The van der Waals surface area contributed by atoms with Crippen LogP contribution in [0, 0.1) is 6.92 Å². The number of anilines is 1. The van der Waals surface area contributed by atoms with Crippen molar-refractivity contribution in [3.05, 3.63) is 65.9 Å². The number of rotatable bonds is 9. The third-order valence-corrected chi connectivity index (χ3v) is 4.95. The summed E-state index contributed by atoms with van der Waals surface area (Å²) in [5.41, 5.74) is 3.24. The molecule has 170 valence electrons. The van der Waals surface area contributed by atoms with Crippen LogP contribution in [0.25, 0.3) is 17.0 Å². The van der Waals surface area contributed by atoms with Gasteiger partial charge in [-0.05, 0) is 37.1 Å². The van der Waals surface area contributed by atoms with Crippen molar-refractivity contribution >= 4 is 23.2 Å². The third-order valence-electron chi connectivity index (χ3n) is 4.95. The first-order chi connectivity index (χ1) is 16.0. The van der Waals surface area contributed by atoms with Crippen LogP contribution in [0.15, 0.2) is 53.3 Å². The molecule has 0 bridgehead atoms. The number of fused-ring (bicyclic) bond motifs is 1. The fourth-order valence-corrected chi connectivity index (χ4v) is 3.19. The van der Waals surface area contributed by atoms with E-state index in [-0.39, 0.29) is 30.8 Å². The van der Waals surface area contributed by atoms with Crippen molar-refractivity contribution in [2.24, 2.45) is 0 Å². The third kappa shape index (κ3) is 5.24. The van der Waals surface area contributed by atoms with Gasteiger partial charge in [-0.1, -0.05) is 23.4 Å². The summed E-state index contributed by atoms with van der Waals surface area (Å²) in [5, 5.41) is 6.88. The van der Waals surface area contributed by atoms with Crippen LogP contribution in [0.4, 0.5) is 5.69 Å². The summed E-state index contributed by atoms with van der Waals surface area (Å²) in [6.45, 7) is 2.27. The summed E-state index contributed by atoms with van der Waals surface area (Å²) < 4.78 is 17.0. The molecule has 1 N–H and O–H groups in total.